The fraction of sp³-hybridized carbons (Fsp3) is 0.556. The normalized spacial score (nSPS) is 14.5. The molecule has 8 heteroatoms. The Bertz CT molecular complexity index is 615. The second-order valence-electron chi connectivity index (χ2n) is 5.98. The molecule has 0 spiro atoms. The molecule has 2 rings (SSSR count). The minimum atomic E-state index is -0.322. The zero-order valence-electron chi connectivity index (χ0n) is 15.5. The Labute approximate surface area is 153 Å². The van der Waals surface area contributed by atoms with Crippen LogP contribution in [0.25, 0.3) is 0 Å². The Hall–Kier alpha value is -2.64. The molecule has 144 valence electrons. The van der Waals surface area contributed by atoms with Crippen molar-refractivity contribution in [1.29, 1.82) is 0 Å². The fourth-order valence-corrected chi connectivity index (χ4v) is 2.85. The van der Waals surface area contributed by atoms with Crippen LogP contribution in [0.2, 0.25) is 0 Å². The van der Waals surface area contributed by atoms with Gasteiger partial charge in [0.05, 0.1) is 20.8 Å². The molecule has 0 atom stereocenters. The van der Waals surface area contributed by atoms with Crippen LogP contribution in [-0.2, 0) is 11.3 Å². The van der Waals surface area contributed by atoms with Crippen LogP contribution < -0.4 is 20.1 Å². The van der Waals surface area contributed by atoms with E-state index in [-0.39, 0.29) is 18.2 Å². The number of rotatable bonds is 6. The van der Waals surface area contributed by atoms with Crippen molar-refractivity contribution in [3.8, 4) is 11.5 Å². The van der Waals surface area contributed by atoms with Gasteiger partial charge >= 0.3 is 12.1 Å². The quantitative estimate of drug-likeness (QED) is 0.806. The lowest BCUT2D eigenvalue weighted by Crippen LogP contribution is -2.49. The lowest BCUT2D eigenvalue weighted by atomic mass is 10.1. The van der Waals surface area contributed by atoms with E-state index < -0.39 is 0 Å². The van der Waals surface area contributed by atoms with Gasteiger partial charge in [0.2, 0.25) is 0 Å². The molecule has 3 amide bonds. The summed E-state index contributed by atoms with van der Waals surface area (Å²) in [5, 5.41) is 5.78. The number of amides is 3. The van der Waals surface area contributed by atoms with Crippen LogP contribution >= 0.6 is 0 Å². The number of urea groups is 1. The average molecular weight is 365 g/mol. The van der Waals surface area contributed by atoms with E-state index in [4.69, 9.17) is 14.2 Å². The van der Waals surface area contributed by atoms with Crippen molar-refractivity contribution in [2.45, 2.75) is 32.4 Å². The minimum absolute atomic E-state index is 0.0470. The van der Waals surface area contributed by atoms with E-state index in [1.165, 1.54) is 7.11 Å². The average Bonchev–Trinajstić information content (AvgIpc) is 2.67. The summed E-state index contributed by atoms with van der Waals surface area (Å²) in [4.78, 5) is 25.2. The topological polar surface area (TPSA) is 89.1 Å². The van der Waals surface area contributed by atoms with E-state index >= 15 is 0 Å². The minimum Gasteiger partial charge on any atom is -0.493 e. The standard InChI is InChI=1S/C18H27N3O5/c1-4-26-15-6-5-13(11-16(15)24-2)12-19-17(22)20-14-7-9-21(10-8-14)18(23)25-3/h5-6,11,14H,4,7-10,12H2,1-3H3,(H2,19,20,22). The van der Waals surface area contributed by atoms with Gasteiger partial charge < -0.3 is 29.7 Å². The van der Waals surface area contributed by atoms with Crippen LogP contribution in [0, 0.1) is 0 Å². The van der Waals surface area contributed by atoms with Crippen LogP contribution in [0.5, 0.6) is 11.5 Å². The maximum Gasteiger partial charge on any atom is 0.409 e. The SMILES string of the molecule is CCOc1ccc(CNC(=O)NC2CCN(C(=O)OC)CC2)cc1OC. The van der Waals surface area contributed by atoms with Crippen LogP contribution in [0.1, 0.15) is 25.3 Å². The second-order valence-corrected chi connectivity index (χ2v) is 5.98. The molecule has 8 nitrogen and oxygen atoms in total. The van der Waals surface area contributed by atoms with Gasteiger partial charge in [0.25, 0.3) is 0 Å². The summed E-state index contributed by atoms with van der Waals surface area (Å²) in [7, 11) is 2.96. The highest BCUT2D eigenvalue weighted by Crippen LogP contribution is 2.27. The van der Waals surface area contributed by atoms with E-state index in [1.807, 2.05) is 25.1 Å². The maximum atomic E-state index is 12.1. The lowest BCUT2D eigenvalue weighted by molar-refractivity contribution is 0.110. The monoisotopic (exact) mass is 365 g/mol. The largest absolute Gasteiger partial charge is 0.493 e. The van der Waals surface area contributed by atoms with Gasteiger partial charge in [-0.05, 0) is 37.5 Å². The number of nitrogens with one attached hydrogen (secondary N) is 2. The van der Waals surface area contributed by atoms with Gasteiger partial charge in [0.1, 0.15) is 0 Å². The molecule has 1 saturated heterocycles. The van der Waals surface area contributed by atoms with E-state index in [0.29, 0.717) is 50.6 Å². The number of carbonyl (C=O) groups is 2. The Kier molecular flexibility index (Phi) is 7.37. The summed E-state index contributed by atoms with van der Waals surface area (Å²) >= 11 is 0. The molecule has 2 N–H and O–H groups in total. The summed E-state index contributed by atoms with van der Waals surface area (Å²) in [6.07, 6.45) is 1.09. The molecule has 0 unspecified atom stereocenters. The smallest absolute Gasteiger partial charge is 0.409 e. The molecular formula is C18H27N3O5. The fourth-order valence-electron chi connectivity index (χ4n) is 2.85. The molecule has 1 heterocycles. The number of nitrogens with zero attached hydrogens (tertiary/aromatic N) is 1. The van der Waals surface area contributed by atoms with Crippen LogP contribution in [0.3, 0.4) is 0 Å². The molecule has 1 aromatic carbocycles. The van der Waals surface area contributed by atoms with Crippen molar-refractivity contribution in [2.24, 2.45) is 0 Å². The molecule has 1 aliphatic rings. The number of hydrogen-bond acceptors (Lipinski definition) is 5. The van der Waals surface area contributed by atoms with Crippen molar-refractivity contribution in [1.82, 2.24) is 15.5 Å². The first-order valence-corrected chi connectivity index (χ1v) is 8.74. The van der Waals surface area contributed by atoms with Gasteiger partial charge in [-0.25, -0.2) is 9.59 Å². The number of carbonyl (C=O) groups excluding carboxylic acids is 2. The Morgan fingerprint density at radius 2 is 1.92 bits per heavy atom. The third kappa shape index (κ3) is 5.44. The van der Waals surface area contributed by atoms with Crippen LogP contribution in [0.15, 0.2) is 18.2 Å². The number of ether oxygens (including phenoxy) is 3. The molecule has 26 heavy (non-hydrogen) atoms. The highest BCUT2D eigenvalue weighted by Gasteiger charge is 2.24. The van der Waals surface area contributed by atoms with Crippen molar-refractivity contribution in [3.05, 3.63) is 23.8 Å². The molecule has 0 radical (unpaired) electrons. The highest BCUT2D eigenvalue weighted by atomic mass is 16.5. The van der Waals surface area contributed by atoms with E-state index in [0.717, 1.165) is 5.56 Å². The van der Waals surface area contributed by atoms with Crippen LogP contribution in [0.4, 0.5) is 9.59 Å². The number of benzene rings is 1. The third-order valence-electron chi connectivity index (χ3n) is 4.24. The molecule has 0 aromatic heterocycles. The predicted octanol–water partition coefficient (Wildman–Crippen LogP) is 2.12. The second kappa shape index (κ2) is 9.74. The van der Waals surface area contributed by atoms with Gasteiger partial charge in [-0.15, -0.1) is 0 Å². The lowest BCUT2D eigenvalue weighted by Gasteiger charge is -2.31. The number of hydrogen-bond donors (Lipinski definition) is 2. The van der Waals surface area contributed by atoms with E-state index in [1.54, 1.807) is 12.0 Å². The Morgan fingerprint density at radius 1 is 1.19 bits per heavy atom. The van der Waals surface area contributed by atoms with Crippen molar-refractivity contribution in [2.75, 3.05) is 33.9 Å². The number of piperidine rings is 1. The van der Waals surface area contributed by atoms with E-state index in [2.05, 4.69) is 10.6 Å². The van der Waals surface area contributed by atoms with Gasteiger partial charge in [0.15, 0.2) is 11.5 Å². The number of methoxy groups -OCH3 is 2. The summed E-state index contributed by atoms with van der Waals surface area (Å²) < 4.78 is 15.5. The summed E-state index contributed by atoms with van der Waals surface area (Å²) in [5.74, 6) is 1.32. The molecular weight excluding hydrogens is 338 g/mol. The van der Waals surface area contributed by atoms with Gasteiger partial charge in [-0.3, -0.25) is 0 Å². The van der Waals surface area contributed by atoms with Crippen molar-refractivity contribution >= 4 is 12.1 Å². The highest BCUT2D eigenvalue weighted by molar-refractivity contribution is 5.74. The van der Waals surface area contributed by atoms with Gasteiger partial charge in [-0.1, -0.05) is 6.07 Å². The first-order valence-electron chi connectivity index (χ1n) is 8.74. The first-order chi connectivity index (χ1) is 12.6. The van der Waals surface area contributed by atoms with Crippen molar-refractivity contribution < 1.29 is 23.8 Å². The zero-order chi connectivity index (χ0) is 18.9. The van der Waals surface area contributed by atoms with Gasteiger partial charge in [0, 0.05) is 25.7 Å². The summed E-state index contributed by atoms with van der Waals surface area (Å²) in [5.41, 5.74) is 0.918. The Balaban J connectivity index is 1.78. The first kappa shape index (κ1) is 19.7. The van der Waals surface area contributed by atoms with Gasteiger partial charge in [-0.2, -0.15) is 0 Å². The zero-order valence-corrected chi connectivity index (χ0v) is 15.5. The summed E-state index contributed by atoms with van der Waals surface area (Å²) in [6, 6.07) is 5.39. The number of likely N-dealkylation sites (tertiary alicyclic amines) is 1. The van der Waals surface area contributed by atoms with Crippen LogP contribution in [-0.4, -0.2) is 57.0 Å². The Morgan fingerprint density at radius 3 is 2.54 bits per heavy atom. The van der Waals surface area contributed by atoms with E-state index in [9.17, 15) is 9.59 Å². The molecule has 0 bridgehead atoms. The maximum absolute atomic E-state index is 12.1. The molecule has 1 aromatic rings. The molecule has 1 aliphatic heterocycles. The molecule has 0 aliphatic carbocycles. The summed E-state index contributed by atoms with van der Waals surface area (Å²) in [6.45, 7) is 4.01. The molecule has 1 fully saturated rings. The predicted molar refractivity (Wildman–Crippen MR) is 96.5 cm³/mol. The third-order valence-corrected chi connectivity index (χ3v) is 4.24. The molecule has 0 saturated carbocycles. The van der Waals surface area contributed by atoms with Crippen molar-refractivity contribution in [3.63, 3.8) is 0 Å².